The number of nitrogens with one attached hydrogen (secondary N) is 1. The van der Waals surface area contributed by atoms with Crippen LogP contribution in [-0.2, 0) is 11.3 Å². The number of aromatic nitrogens is 1. The van der Waals surface area contributed by atoms with Crippen molar-refractivity contribution in [1.82, 2.24) is 10.3 Å². The minimum absolute atomic E-state index is 0.0798. The standard InChI is InChI=1S/C9H10F2N2O/c1-6-2-3-7(4-12-6)5-13-9(14)8(10)11/h2-4,8H,5H2,1H3,(H,13,14). The first kappa shape index (κ1) is 10.6. The van der Waals surface area contributed by atoms with Gasteiger partial charge in [-0.05, 0) is 18.6 Å². The van der Waals surface area contributed by atoms with Gasteiger partial charge < -0.3 is 5.32 Å². The summed E-state index contributed by atoms with van der Waals surface area (Å²) in [4.78, 5) is 14.5. The highest BCUT2D eigenvalue weighted by Gasteiger charge is 2.13. The molecule has 0 aliphatic heterocycles. The summed E-state index contributed by atoms with van der Waals surface area (Å²) < 4.78 is 23.5. The molecule has 5 heteroatoms. The van der Waals surface area contributed by atoms with Gasteiger partial charge in [-0.15, -0.1) is 0 Å². The molecule has 76 valence electrons. The number of carbonyl (C=O) groups is 1. The first-order valence-corrected chi connectivity index (χ1v) is 4.07. The van der Waals surface area contributed by atoms with Gasteiger partial charge in [0.15, 0.2) is 0 Å². The zero-order valence-corrected chi connectivity index (χ0v) is 7.63. The van der Waals surface area contributed by atoms with Crippen LogP contribution in [0.3, 0.4) is 0 Å². The zero-order valence-electron chi connectivity index (χ0n) is 7.63. The van der Waals surface area contributed by atoms with Crippen LogP contribution in [0.2, 0.25) is 0 Å². The molecule has 0 aromatic carbocycles. The van der Waals surface area contributed by atoms with Gasteiger partial charge in [-0.1, -0.05) is 6.07 Å². The largest absolute Gasteiger partial charge is 0.347 e. The average Bonchev–Trinajstić information content (AvgIpc) is 2.16. The summed E-state index contributed by atoms with van der Waals surface area (Å²) in [5, 5.41) is 2.09. The number of aryl methyl sites for hydroxylation is 1. The minimum atomic E-state index is -2.96. The number of pyridine rings is 1. The summed E-state index contributed by atoms with van der Waals surface area (Å²) in [7, 11) is 0. The Morgan fingerprint density at radius 3 is 2.79 bits per heavy atom. The fourth-order valence-electron chi connectivity index (χ4n) is 0.869. The van der Waals surface area contributed by atoms with E-state index in [1.165, 1.54) is 0 Å². The van der Waals surface area contributed by atoms with Crippen molar-refractivity contribution in [1.29, 1.82) is 0 Å². The van der Waals surface area contributed by atoms with Crippen molar-refractivity contribution in [3.63, 3.8) is 0 Å². The second-order valence-corrected chi connectivity index (χ2v) is 2.83. The Morgan fingerprint density at radius 2 is 2.29 bits per heavy atom. The van der Waals surface area contributed by atoms with E-state index in [-0.39, 0.29) is 6.54 Å². The van der Waals surface area contributed by atoms with Gasteiger partial charge in [0.05, 0.1) is 0 Å². The molecule has 1 aromatic rings. The lowest BCUT2D eigenvalue weighted by Gasteiger charge is -2.03. The molecule has 1 N–H and O–H groups in total. The predicted molar refractivity (Wildman–Crippen MR) is 46.8 cm³/mol. The number of carbonyl (C=O) groups excluding carboxylic acids is 1. The lowest BCUT2D eigenvalue weighted by Crippen LogP contribution is -2.28. The van der Waals surface area contributed by atoms with Gasteiger partial charge in [-0.2, -0.15) is 8.78 Å². The van der Waals surface area contributed by atoms with Gasteiger partial charge in [0, 0.05) is 18.4 Å². The van der Waals surface area contributed by atoms with Crippen molar-refractivity contribution in [3.05, 3.63) is 29.6 Å². The number of amides is 1. The topological polar surface area (TPSA) is 42.0 Å². The molecule has 0 fully saturated rings. The molecule has 14 heavy (non-hydrogen) atoms. The third-order valence-electron chi connectivity index (χ3n) is 1.64. The number of rotatable bonds is 3. The van der Waals surface area contributed by atoms with E-state index >= 15 is 0 Å². The van der Waals surface area contributed by atoms with Crippen molar-refractivity contribution in [3.8, 4) is 0 Å². The molecule has 0 saturated heterocycles. The summed E-state index contributed by atoms with van der Waals surface area (Å²) in [5.41, 5.74) is 1.54. The van der Waals surface area contributed by atoms with E-state index in [4.69, 9.17) is 0 Å². The van der Waals surface area contributed by atoms with Gasteiger partial charge >= 0.3 is 6.43 Å². The summed E-state index contributed by atoms with van der Waals surface area (Å²) >= 11 is 0. The van der Waals surface area contributed by atoms with E-state index in [0.29, 0.717) is 5.56 Å². The number of hydrogen-bond acceptors (Lipinski definition) is 2. The van der Waals surface area contributed by atoms with Crippen LogP contribution in [0.4, 0.5) is 8.78 Å². The molecule has 1 aromatic heterocycles. The maximum Gasteiger partial charge on any atom is 0.315 e. The number of alkyl halides is 2. The Kier molecular flexibility index (Phi) is 3.50. The molecule has 0 spiro atoms. The molecule has 0 aliphatic carbocycles. The Hall–Kier alpha value is -1.52. The third-order valence-corrected chi connectivity index (χ3v) is 1.64. The number of hydrogen-bond donors (Lipinski definition) is 1. The highest BCUT2D eigenvalue weighted by Crippen LogP contribution is 1.99. The van der Waals surface area contributed by atoms with E-state index in [2.05, 4.69) is 10.3 Å². The van der Waals surface area contributed by atoms with Crippen LogP contribution in [0.1, 0.15) is 11.3 Å². The van der Waals surface area contributed by atoms with Crippen molar-refractivity contribution < 1.29 is 13.6 Å². The van der Waals surface area contributed by atoms with Gasteiger partial charge in [0.1, 0.15) is 0 Å². The Balaban J connectivity index is 2.46. The molecule has 0 aliphatic rings. The van der Waals surface area contributed by atoms with E-state index in [9.17, 15) is 13.6 Å². The first-order chi connectivity index (χ1) is 6.59. The summed E-state index contributed by atoms with van der Waals surface area (Å²) in [5.74, 6) is -1.26. The Morgan fingerprint density at radius 1 is 1.57 bits per heavy atom. The molecule has 1 heterocycles. The second kappa shape index (κ2) is 4.64. The van der Waals surface area contributed by atoms with Crippen LogP contribution in [0.5, 0.6) is 0 Å². The number of halogens is 2. The highest BCUT2D eigenvalue weighted by molar-refractivity contribution is 5.78. The van der Waals surface area contributed by atoms with Crippen LogP contribution < -0.4 is 5.32 Å². The predicted octanol–water partition coefficient (Wildman–Crippen LogP) is 1.27. The molecule has 0 saturated carbocycles. The Labute approximate surface area is 80.2 Å². The van der Waals surface area contributed by atoms with Crippen LogP contribution >= 0.6 is 0 Å². The maximum atomic E-state index is 11.8. The van der Waals surface area contributed by atoms with E-state index in [1.807, 2.05) is 6.92 Å². The van der Waals surface area contributed by atoms with Gasteiger partial charge in [0.25, 0.3) is 5.91 Å². The van der Waals surface area contributed by atoms with Crippen molar-refractivity contribution in [2.45, 2.75) is 19.9 Å². The van der Waals surface area contributed by atoms with Gasteiger partial charge in [0.2, 0.25) is 0 Å². The second-order valence-electron chi connectivity index (χ2n) is 2.83. The van der Waals surface area contributed by atoms with Crippen molar-refractivity contribution in [2.24, 2.45) is 0 Å². The van der Waals surface area contributed by atoms with Crippen LogP contribution in [0.15, 0.2) is 18.3 Å². The summed E-state index contributed by atoms with van der Waals surface area (Å²) in [6.07, 6.45) is -1.42. The highest BCUT2D eigenvalue weighted by atomic mass is 19.3. The lowest BCUT2D eigenvalue weighted by atomic mass is 10.2. The lowest BCUT2D eigenvalue weighted by molar-refractivity contribution is -0.131. The van der Waals surface area contributed by atoms with E-state index in [0.717, 1.165) is 5.69 Å². The van der Waals surface area contributed by atoms with Crippen molar-refractivity contribution >= 4 is 5.91 Å². The third kappa shape index (κ3) is 3.08. The van der Waals surface area contributed by atoms with Crippen LogP contribution in [0.25, 0.3) is 0 Å². The van der Waals surface area contributed by atoms with Crippen LogP contribution in [0, 0.1) is 6.92 Å². The fourth-order valence-corrected chi connectivity index (χ4v) is 0.869. The quantitative estimate of drug-likeness (QED) is 0.798. The van der Waals surface area contributed by atoms with Gasteiger partial charge in [-0.25, -0.2) is 0 Å². The minimum Gasteiger partial charge on any atom is -0.347 e. The monoisotopic (exact) mass is 200 g/mol. The summed E-state index contributed by atoms with van der Waals surface area (Å²) in [6, 6.07) is 3.48. The average molecular weight is 200 g/mol. The molecule has 1 amide bonds. The molecule has 3 nitrogen and oxygen atoms in total. The fraction of sp³-hybridized carbons (Fsp3) is 0.333. The van der Waals surface area contributed by atoms with Crippen molar-refractivity contribution in [2.75, 3.05) is 0 Å². The molecule has 0 atom stereocenters. The van der Waals surface area contributed by atoms with Gasteiger partial charge in [-0.3, -0.25) is 9.78 Å². The summed E-state index contributed by atoms with van der Waals surface area (Å²) in [6.45, 7) is 1.90. The zero-order chi connectivity index (χ0) is 10.6. The molecule has 1 rings (SSSR count). The molecule has 0 unspecified atom stereocenters. The normalized spacial score (nSPS) is 10.3. The van der Waals surface area contributed by atoms with Crippen LogP contribution in [-0.4, -0.2) is 17.3 Å². The SMILES string of the molecule is Cc1ccc(CNC(=O)C(F)F)cn1. The first-order valence-electron chi connectivity index (χ1n) is 4.07. The van der Waals surface area contributed by atoms with E-state index < -0.39 is 12.3 Å². The molecule has 0 radical (unpaired) electrons. The maximum absolute atomic E-state index is 11.8. The molecular weight excluding hydrogens is 190 g/mol. The van der Waals surface area contributed by atoms with E-state index in [1.54, 1.807) is 18.3 Å². The Bertz CT molecular complexity index is 311. The number of nitrogens with zero attached hydrogens (tertiary/aromatic N) is 1. The molecular formula is C9H10F2N2O. The smallest absolute Gasteiger partial charge is 0.315 e. The molecule has 0 bridgehead atoms.